The van der Waals surface area contributed by atoms with Crippen molar-refractivity contribution in [1.29, 1.82) is 0 Å². The highest BCUT2D eigenvalue weighted by Gasteiger charge is 2.23. The Kier molecular flexibility index (Phi) is 3.12. The van der Waals surface area contributed by atoms with Crippen molar-refractivity contribution in [3.8, 4) is 0 Å². The molecule has 2 nitrogen and oxygen atoms in total. The lowest BCUT2D eigenvalue weighted by atomic mass is 10.1. The Balaban J connectivity index is 2.53. The van der Waals surface area contributed by atoms with E-state index in [9.17, 15) is 0 Å². The molecule has 0 aromatic carbocycles. The number of rotatable bonds is 3. The molecule has 0 bridgehead atoms. The molecule has 0 aromatic rings. The molecule has 1 aliphatic heterocycles. The quantitative estimate of drug-likeness (QED) is 0.636. The van der Waals surface area contributed by atoms with Gasteiger partial charge in [0.05, 0.1) is 6.04 Å². The molecule has 2 heteroatoms. The van der Waals surface area contributed by atoms with Crippen LogP contribution in [0.15, 0.2) is 4.99 Å². The van der Waals surface area contributed by atoms with E-state index in [0.717, 1.165) is 18.9 Å². The van der Waals surface area contributed by atoms with Gasteiger partial charge in [0.15, 0.2) is 5.90 Å². The number of nitrogens with zero attached hydrogens (tertiary/aromatic N) is 1. The van der Waals surface area contributed by atoms with Gasteiger partial charge in [-0.3, -0.25) is 0 Å². The van der Waals surface area contributed by atoms with Crippen LogP contribution in [0.5, 0.6) is 0 Å². The minimum Gasteiger partial charge on any atom is -0.478 e. The SMILES string of the molecule is CCC(C)C1=NC(C(C)C)CO1. The van der Waals surface area contributed by atoms with E-state index in [2.05, 4.69) is 32.7 Å². The molecule has 0 saturated carbocycles. The predicted octanol–water partition coefficient (Wildman–Crippen LogP) is 2.49. The van der Waals surface area contributed by atoms with Gasteiger partial charge in [-0.1, -0.05) is 27.7 Å². The molecule has 1 aliphatic rings. The zero-order chi connectivity index (χ0) is 9.14. The zero-order valence-corrected chi connectivity index (χ0v) is 8.50. The van der Waals surface area contributed by atoms with E-state index >= 15 is 0 Å². The van der Waals surface area contributed by atoms with Crippen LogP contribution >= 0.6 is 0 Å². The van der Waals surface area contributed by atoms with E-state index < -0.39 is 0 Å². The summed E-state index contributed by atoms with van der Waals surface area (Å²) >= 11 is 0. The lowest BCUT2D eigenvalue weighted by Crippen LogP contribution is -2.13. The monoisotopic (exact) mass is 169 g/mol. The van der Waals surface area contributed by atoms with Crippen LogP contribution in [0.25, 0.3) is 0 Å². The summed E-state index contributed by atoms with van der Waals surface area (Å²) in [6.45, 7) is 9.51. The first-order valence-electron chi connectivity index (χ1n) is 4.85. The van der Waals surface area contributed by atoms with Crippen LogP contribution in [-0.2, 0) is 4.74 Å². The summed E-state index contributed by atoms with van der Waals surface area (Å²) in [5.74, 6) is 2.07. The molecule has 0 aromatic heterocycles. The normalized spacial score (nSPS) is 25.4. The first kappa shape index (κ1) is 9.56. The molecule has 12 heavy (non-hydrogen) atoms. The van der Waals surface area contributed by atoms with Gasteiger partial charge in [-0.05, 0) is 12.3 Å². The minimum absolute atomic E-state index is 0.397. The van der Waals surface area contributed by atoms with Crippen molar-refractivity contribution in [2.75, 3.05) is 6.61 Å². The Morgan fingerprint density at radius 1 is 1.50 bits per heavy atom. The first-order chi connectivity index (χ1) is 5.65. The maximum absolute atomic E-state index is 5.53. The third kappa shape index (κ3) is 1.99. The highest BCUT2D eigenvalue weighted by molar-refractivity contribution is 5.79. The van der Waals surface area contributed by atoms with Crippen molar-refractivity contribution in [3.63, 3.8) is 0 Å². The van der Waals surface area contributed by atoms with Gasteiger partial charge in [0.25, 0.3) is 0 Å². The predicted molar refractivity (Wildman–Crippen MR) is 51.5 cm³/mol. The van der Waals surface area contributed by atoms with Crippen LogP contribution < -0.4 is 0 Å². The van der Waals surface area contributed by atoms with E-state index in [0.29, 0.717) is 17.9 Å². The molecule has 0 radical (unpaired) electrons. The number of hydrogen-bond donors (Lipinski definition) is 0. The maximum Gasteiger partial charge on any atom is 0.186 e. The van der Waals surface area contributed by atoms with Crippen LogP contribution in [0.1, 0.15) is 34.1 Å². The molecule has 2 unspecified atom stereocenters. The fraction of sp³-hybridized carbons (Fsp3) is 0.900. The lowest BCUT2D eigenvalue weighted by Gasteiger charge is -2.07. The van der Waals surface area contributed by atoms with E-state index in [1.165, 1.54) is 0 Å². The molecule has 0 aliphatic carbocycles. The summed E-state index contributed by atoms with van der Waals surface area (Å²) < 4.78 is 5.53. The number of ether oxygens (including phenoxy) is 1. The van der Waals surface area contributed by atoms with Crippen LogP contribution in [0, 0.1) is 11.8 Å². The van der Waals surface area contributed by atoms with Gasteiger partial charge < -0.3 is 4.74 Å². The molecule has 0 fully saturated rings. The summed E-state index contributed by atoms with van der Waals surface area (Å²) in [6, 6.07) is 0.397. The molecular formula is C10H19NO. The van der Waals surface area contributed by atoms with Crippen LogP contribution in [0.2, 0.25) is 0 Å². The smallest absolute Gasteiger partial charge is 0.186 e. The fourth-order valence-electron chi connectivity index (χ4n) is 1.19. The first-order valence-corrected chi connectivity index (χ1v) is 4.85. The van der Waals surface area contributed by atoms with Gasteiger partial charge in [0.2, 0.25) is 0 Å². The average Bonchev–Trinajstić information content (AvgIpc) is 2.51. The van der Waals surface area contributed by atoms with Crippen molar-refractivity contribution in [2.45, 2.75) is 40.2 Å². The van der Waals surface area contributed by atoms with Gasteiger partial charge in [-0.2, -0.15) is 0 Å². The zero-order valence-electron chi connectivity index (χ0n) is 8.50. The standard InChI is InChI=1S/C10H19NO/c1-5-8(4)10-11-9(6-12-10)7(2)3/h7-9H,5-6H2,1-4H3. The molecule has 1 rings (SSSR count). The molecule has 2 atom stereocenters. The van der Waals surface area contributed by atoms with Gasteiger partial charge in [0, 0.05) is 5.92 Å². The molecule has 0 amide bonds. The van der Waals surface area contributed by atoms with Crippen molar-refractivity contribution in [1.82, 2.24) is 0 Å². The summed E-state index contributed by atoms with van der Waals surface area (Å²) in [5.41, 5.74) is 0. The Bertz CT molecular complexity index is 175. The Hall–Kier alpha value is -0.530. The Morgan fingerprint density at radius 3 is 2.58 bits per heavy atom. The second-order valence-electron chi connectivity index (χ2n) is 3.90. The van der Waals surface area contributed by atoms with Crippen LogP contribution in [0.3, 0.4) is 0 Å². The van der Waals surface area contributed by atoms with E-state index in [1.807, 2.05) is 0 Å². The van der Waals surface area contributed by atoms with Crippen molar-refractivity contribution >= 4 is 5.90 Å². The van der Waals surface area contributed by atoms with Gasteiger partial charge in [-0.25, -0.2) is 4.99 Å². The van der Waals surface area contributed by atoms with Gasteiger partial charge in [0.1, 0.15) is 6.61 Å². The molecule has 70 valence electrons. The second-order valence-corrected chi connectivity index (χ2v) is 3.90. The van der Waals surface area contributed by atoms with Crippen molar-refractivity contribution in [2.24, 2.45) is 16.8 Å². The largest absolute Gasteiger partial charge is 0.478 e. The molecule has 0 N–H and O–H groups in total. The fourth-order valence-corrected chi connectivity index (χ4v) is 1.19. The van der Waals surface area contributed by atoms with E-state index in [1.54, 1.807) is 0 Å². The third-order valence-corrected chi connectivity index (χ3v) is 2.50. The number of aliphatic imine (C=N–C) groups is 1. The highest BCUT2D eigenvalue weighted by Crippen LogP contribution is 2.18. The summed E-state index contributed by atoms with van der Waals surface area (Å²) in [4.78, 5) is 4.55. The molecular weight excluding hydrogens is 150 g/mol. The van der Waals surface area contributed by atoms with E-state index in [-0.39, 0.29) is 0 Å². The molecule has 0 saturated heterocycles. The minimum atomic E-state index is 0.397. The summed E-state index contributed by atoms with van der Waals surface area (Å²) in [7, 11) is 0. The molecule has 1 heterocycles. The van der Waals surface area contributed by atoms with Crippen LogP contribution in [0.4, 0.5) is 0 Å². The van der Waals surface area contributed by atoms with Crippen molar-refractivity contribution < 1.29 is 4.74 Å². The van der Waals surface area contributed by atoms with Gasteiger partial charge >= 0.3 is 0 Å². The Morgan fingerprint density at radius 2 is 2.17 bits per heavy atom. The van der Waals surface area contributed by atoms with E-state index in [4.69, 9.17) is 4.74 Å². The lowest BCUT2D eigenvalue weighted by molar-refractivity contribution is 0.277. The average molecular weight is 169 g/mol. The highest BCUT2D eigenvalue weighted by atomic mass is 16.5. The van der Waals surface area contributed by atoms with Crippen molar-refractivity contribution in [3.05, 3.63) is 0 Å². The second kappa shape index (κ2) is 3.92. The summed E-state index contributed by atoms with van der Waals surface area (Å²) in [6.07, 6.45) is 1.11. The topological polar surface area (TPSA) is 21.6 Å². The molecule has 0 spiro atoms. The summed E-state index contributed by atoms with van der Waals surface area (Å²) in [5, 5.41) is 0. The maximum atomic E-state index is 5.53. The van der Waals surface area contributed by atoms with Gasteiger partial charge in [-0.15, -0.1) is 0 Å². The Labute approximate surface area is 75.0 Å². The number of hydrogen-bond acceptors (Lipinski definition) is 2. The third-order valence-electron chi connectivity index (χ3n) is 2.50. The van der Waals surface area contributed by atoms with Crippen LogP contribution in [-0.4, -0.2) is 18.5 Å².